The molecule has 0 aliphatic carbocycles. The Labute approximate surface area is 96.6 Å². The molecule has 0 aromatic rings. The van der Waals surface area contributed by atoms with Crippen LogP contribution in [0, 0.1) is 0 Å². The van der Waals surface area contributed by atoms with Crippen LogP contribution in [0.2, 0.25) is 0 Å². The third-order valence-electron chi connectivity index (χ3n) is 2.12. The largest absolute Gasteiger partial charge is 0.396 e. The van der Waals surface area contributed by atoms with Crippen molar-refractivity contribution in [3.8, 4) is 0 Å². The van der Waals surface area contributed by atoms with E-state index < -0.39 is 0 Å². The number of amides is 2. The highest BCUT2D eigenvalue weighted by Crippen LogP contribution is 1.93. The SMILES string of the molecule is CCCNC(=O)CCC(=O)NC(C)CCO. The van der Waals surface area contributed by atoms with Gasteiger partial charge < -0.3 is 15.7 Å². The zero-order valence-corrected chi connectivity index (χ0v) is 10.1. The van der Waals surface area contributed by atoms with E-state index in [0.29, 0.717) is 13.0 Å². The fraction of sp³-hybridized carbons (Fsp3) is 0.818. The predicted molar refractivity (Wildman–Crippen MR) is 61.8 cm³/mol. The molecule has 0 bridgehead atoms. The van der Waals surface area contributed by atoms with Crippen LogP contribution in [0.1, 0.15) is 39.5 Å². The number of nitrogens with one attached hydrogen (secondary N) is 2. The van der Waals surface area contributed by atoms with Gasteiger partial charge in [-0.15, -0.1) is 0 Å². The number of hydrogen-bond acceptors (Lipinski definition) is 3. The first kappa shape index (κ1) is 14.9. The molecule has 16 heavy (non-hydrogen) atoms. The molecule has 0 rings (SSSR count). The molecule has 2 amide bonds. The number of aliphatic hydroxyl groups excluding tert-OH is 1. The minimum atomic E-state index is -0.146. The summed E-state index contributed by atoms with van der Waals surface area (Å²) in [5, 5.41) is 14.1. The van der Waals surface area contributed by atoms with Crippen molar-refractivity contribution < 1.29 is 14.7 Å². The first-order valence-corrected chi connectivity index (χ1v) is 5.77. The van der Waals surface area contributed by atoms with Crippen molar-refractivity contribution in [3.05, 3.63) is 0 Å². The maximum atomic E-state index is 11.3. The van der Waals surface area contributed by atoms with Gasteiger partial charge in [0.25, 0.3) is 0 Å². The molecule has 5 nitrogen and oxygen atoms in total. The summed E-state index contributed by atoms with van der Waals surface area (Å²) in [5.74, 6) is -0.237. The monoisotopic (exact) mass is 230 g/mol. The van der Waals surface area contributed by atoms with E-state index >= 15 is 0 Å². The second kappa shape index (κ2) is 9.15. The smallest absolute Gasteiger partial charge is 0.220 e. The van der Waals surface area contributed by atoms with Crippen LogP contribution in [-0.4, -0.2) is 36.1 Å². The van der Waals surface area contributed by atoms with Crippen molar-refractivity contribution in [2.75, 3.05) is 13.2 Å². The van der Waals surface area contributed by atoms with Crippen LogP contribution in [-0.2, 0) is 9.59 Å². The second-order valence-corrected chi connectivity index (χ2v) is 3.83. The Hall–Kier alpha value is -1.10. The van der Waals surface area contributed by atoms with Gasteiger partial charge in [0.1, 0.15) is 0 Å². The van der Waals surface area contributed by atoms with Crippen molar-refractivity contribution in [1.29, 1.82) is 0 Å². The zero-order valence-electron chi connectivity index (χ0n) is 10.1. The number of carbonyl (C=O) groups excluding carboxylic acids is 2. The van der Waals surface area contributed by atoms with E-state index in [1.165, 1.54) is 0 Å². The van der Waals surface area contributed by atoms with E-state index in [1.54, 1.807) is 0 Å². The molecular weight excluding hydrogens is 208 g/mol. The second-order valence-electron chi connectivity index (χ2n) is 3.83. The van der Waals surface area contributed by atoms with Crippen LogP contribution in [0.25, 0.3) is 0 Å². The zero-order chi connectivity index (χ0) is 12.4. The lowest BCUT2D eigenvalue weighted by Crippen LogP contribution is -2.34. The third-order valence-corrected chi connectivity index (χ3v) is 2.12. The van der Waals surface area contributed by atoms with Crippen LogP contribution in [0.15, 0.2) is 0 Å². The summed E-state index contributed by atoms with van der Waals surface area (Å²) in [6, 6.07) is -0.0452. The topological polar surface area (TPSA) is 78.4 Å². The summed E-state index contributed by atoms with van der Waals surface area (Å²) in [7, 11) is 0. The molecule has 0 aliphatic rings. The van der Waals surface area contributed by atoms with Gasteiger partial charge in [0, 0.05) is 32.0 Å². The van der Waals surface area contributed by atoms with Gasteiger partial charge in [-0.2, -0.15) is 0 Å². The molecule has 0 saturated heterocycles. The predicted octanol–water partition coefficient (Wildman–Crippen LogP) is 0.180. The van der Waals surface area contributed by atoms with Gasteiger partial charge in [-0.05, 0) is 19.8 Å². The lowest BCUT2D eigenvalue weighted by molar-refractivity contribution is -0.126. The first-order chi connectivity index (χ1) is 7.60. The van der Waals surface area contributed by atoms with E-state index in [4.69, 9.17) is 5.11 Å². The van der Waals surface area contributed by atoms with Crippen molar-refractivity contribution in [2.45, 2.75) is 45.6 Å². The molecule has 0 aromatic carbocycles. The Bertz CT molecular complexity index is 219. The number of hydrogen-bond donors (Lipinski definition) is 3. The fourth-order valence-electron chi connectivity index (χ4n) is 1.19. The van der Waals surface area contributed by atoms with Gasteiger partial charge in [0.2, 0.25) is 11.8 Å². The fourth-order valence-corrected chi connectivity index (χ4v) is 1.19. The van der Waals surface area contributed by atoms with Gasteiger partial charge >= 0.3 is 0 Å². The maximum Gasteiger partial charge on any atom is 0.220 e. The molecule has 94 valence electrons. The highest BCUT2D eigenvalue weighted by molar-refractivity contribution is 5.83. The lowest BCUT2D eigenvalue weighted by atomic mass is 10.2. The van der Waals surface area contributed by atoms with Gasteiger partial charge in [-0.25, -0.2) is 0 Å². The number of aliphatic hydroxyl groups is 1. The van der Waals surface area contributed by atoms with Crippen molar-refractivity contribution >= 4 is 11.8 Å². The summed E-state index contributed by atoms with van der Waals surface area (Å²) in [4.78, 5) is 22.5. The van der Waals surface area contributed by atoms with Crippen molar-refractivity contribution in [1.82, 2.24) is 10.6 Å². The van der Waals surface area contributed by atoms with Crippen molar-refractivity contribution in [3.63, 3.8) is 0 Å². The molecule has 1 atom stereocenters. The average Bonchev–Trinajstić information content (AvgIpc) is 2.23. The number of carbonyl (C=O) groups is 2. The summed E-state index contributed by atoms with van der Waals surface area (Å²) in [6.45, 7) is 4.51. The quantitative estimate of drug-likeness (QED) is 0.556. The molecule has 0 radical (unpaired) electrons. The van der Waals surface area contributed by atoms with Gasteiger partial charge in [0.15, 0.2) is 0 Å². The first-order valence-electron chi connectivity index (χ1n) is 5.77. The maximum absolute atomic E-state index is 11.3. The molecule has 0 saturated carbocycles. The molecule has 0 aromatic heterocycles. The Morgan fingerprint density at radius 1 is 1.25 bits per heavy atom. The third kappa shape index (κ3) is 8.23. The Balaban J connectivity index is 3.60. The van der Waals surface area contributed by atoms with E-state index in [9.17, 15) is 9.59 Å². The average molecular weight is 230 g/mol. The van der Waals surface area contributed by atoms with Gasteiger partial charge in [0.05, 0.1) is 0 Å². The Kier molecular flexibility index (Phi) is 8.52. The van der Waals surface area contributed by atoms with Crippen LogP contribution in [0.5, 0.6) is 0 Å². The highest BCUT2D eigenvalue weighted by Gasteiger charge is 2.08. The molecule has 1 unspecified atom stereocenters. The normalized spacial score (nSPS) is 11.9. The van der Waals surface area contributed by atoms with E-state index in [0.717, 1.165) is 6.42 Å². The molecular formula is C11H22N2O3. The van der Waals surface area contributed by atoms with Crippen LogP contribution >= 0.6 is 0 Å². The minimum Gasteiger partial charge on any atom is -0.396 e. The van der Waals surface area contributed by atoms with Crippen LogP contribution in [0.4, 0.5) is 0 Å². The van der Waals surface area contributed by atoms with E-state index in [-0.39, 0.29) is 37.3 Å². The molecule has 3 N–H and O–H groups in total. The lowest BCUT2D eigenvalue weighted by Gasteiger charge is -2.12. The summed E-state index contributed by atoms with van der Waals surface area (Å²) in [6.07, 6.45) is 1.85. The molecule has 0 heterocycles. The standard InChI is InChI=1S/C11H22N2O3/c1-3-7-12-10(15)4-5-11(16)13-9(2)6-8-14/h9,14H,3-8H2,1-2H3,(H,12,15)(H,13,16). The Morgan fingerprint density at radius 2 is 1.88 bits per heavy atom. The highest BCUT2D eigenvalue weighted by atomic mass is 16.3. The van der Waals surface area contributed by atoms with E-state index in [2.05, 4.69) is 10.6 Å². The summed E-state index contributed by atoms with van der Waals surface area (Å²) < 4.78 is 0. The van der Waals surface area contributed by atoms with Crippen molar-refractivity contribution in [2.24, 2.45) is 0 Å². The molecule has 0 aliphatic heterocycles. The Morgan fingerprint density at radius 3 is 2.44 bits per heavy atom. The van der Waals surface area contributed by atoms with Crippen LogP contribution in [0.3, 0.4) is 0 Å². The number of rotatable bonds is 8. The van der Waals surface area contributed by atoms with Gasteiger partial charge in [-0.1, -0.05) is 6.92 Å². The summed E-state index contributed by atoms with van der Waals surface area (Å²) in [5.41, 5.74) is 0. The van der Waals surface area contributed by atoms with E-state index in [1.807, 2.05) is 13.8 Å². The van der Waals surface area contributed by atoms with Gasteiger partial charge in [-0.3, -0.25) is 9.59 Å². The minimum absolute atomic E-state index is 0.0452. The molecule has 0 fully saturated rings. The summed E-state index contributed by atoms with van der Waals surface area (Å²) >= 11 is 0. The molecule has 5 heteroatoms. The van der Waals surface area contributed by atoms with Crippen LogP contribution < -0.4 is 10.6 Å². The molecule has 0 spiro atoms.